The Labute approximate surface area is 127 Å². The number of nitrogens with zero attached hydrogens (tertiary/aromatic N) is 3. The fourth-order valence-electron chi connectivity index (χ4n) is 2.50. The predicted molar refractivity (Wildman–Crippen MR) is 81.4 cm³/mol. The fourth-order valence-corrected chi connectivity index (χ4v) is 2.50. The largest absolute Gasteiger partial charge is 0.277 e. The van der Waals surface area contributed by atoms with E-state index in [1.165, 1.54) is 42.5 Å². The molecule has 0 saturated heterocycles. The maximum atomic E-state index is 11.2. The van der Waals surface area contributed by atoms with Crippen LogP contribution in [0.2, 0.25) is 0 Å². The van der Waals surface area contributed by atoms with E-state index >= 15 is 0 Å². The molecular formula is C14H7N3O6. The topological polar surface area (TPSA) is 129 Å². The molecule has 0 N–H and O–H groups in total. The van der Waals surface area contributed by atoms with Gasteiger partial charge < -0.3 is 0 Å². The van der Waals surface area contributed by atoms with Crippen LogP contribution in [-0.4, -0.2) is 14.8 Å². The predicted octanol–water partition coefficient (Wildman–Crippen LogP) is 3.72. The van der Waals surface area contributed by atoms with Crippen LogP contribution in [0.3, 0.4) is 0 Å². The Hall–Kier alpha value is -3.62. The number of rotatable bonds is 3. The SMILES string of the molecule is O=[N+]([O-])c1ccc2c(c1)cc([N+](=O)[O-])c1ccc([N+](=O)[O-])cc12. The third kappa shape index (κ3) is 2.29. The first kappa shape index (κ1) is 14.3. The van der Waals surface area contributed by atoms with Crippen molar-refractivity contribution in [3.05, 3.63) is 72.8 Å². The average Bonchev–Trinajstić information content (AvgIpc) is 2.52. The summed E-state index contributed by atoms with van der Waals surface area (Å²) in [7, 11) is 0. The zero-order valence-electron chi connectivity index (χ0n) is 11.3. The second kappa shape index (κ2) is 4.98. The molecule has 9 heteroatoms. The number of hydrogen-bond acceptors (Lipinski definition) is 6. The molecule has 0 radical (unpaired) electrons. The third-order valence-electron chi connectivity index (χ3n) is 3.51. The van der Waals surface area contributed by atoms with Gasteiger partial charge in [-0.25, -0.2) is 0 Å². The van der Waals surface area contributed by atoms with E-state index in [2.05, 4.69) is 0 Å². The van der Waals surface area contributed by atoms with Crippen molar-refractivity contribution in [2.45, 2.75) is 0 Å². The first-order valence-corrected chi connectivity index (χ1v) is 6.32. The lowest BCUT2D eigenvalue weighted by atomic mass is 9.99. The van der Waals surface area contributed by atoms with Gasteiger partial charge in [-0.05, 0) is 22.9 Å². The smallest absolute Gasteiger partial charge is 0.258 e. The zero-order valence-corrected chi connectivity index (χ0v) is 11.3. The summed E-state index contributed by atoms with van der Waals surface area (Å²) >= 11 is 0. The molecule has 0 aliphatic carbocycles. The van der Waals surface area contributed by atoms with E-state index in [1.807, 2.05) is 0 Å². The van der Waals surface area contributed by atoms with Crippen LogP contribution in [0.25, 0.3) is 21.5 Å². The zero-order chi connectivity index (χ0) is 16.7. The monoisotopic (exact) mass is 313 g/mol. The maximum absolute atomic E-state index is 11.2. The highest BCUT2D eigenvalue weighted by atomic mass is 16.6. The van der Waals surface area contributed by atoms with Gasteiger partial charge >= 0.3 is 0 Å². The Balaban J connectivity index is 2.48. The number of fused-ring (bicyclic) bond motifs is 3. The van der Waals surface area contributed by atoms with E-state index in [9.17, 15) is 30.3 Å². The van der Waals surface area contributed by atoms with Crippen molar-refractivity contribution in [3.63, 3.8) is 0 Å². The van der Waals surface area contributed by atoms with Crippen LogP contribution in [0, 0.1) is 30.3 Å². The van der Waals surface area contributed by atoms with E-state index in [-0.39, 0.29) is 27.8 Å². The minimum absolute atomic E-state index is 0.211. The van der Waals surface area contributed by atoms with E-state index in [0.29, 0.717) is 10.8 Å². The molecule has 0 fully saturated rings. The van der Waals surface area contributed by atoms with Crippen LogP contribution in [-0.2, 0) is 0 Å². The Kier molecular flexibility index (Phi) is 3.10. The molecule has 0 unspecified atom stereocenters. The summed E-state index contributed by atoms with van der Waals surface area (Å²) in [5, 5.41) is 34.3. The number of nitro groups is 3. The lowest BCUT2D eigenvalue weighted by molar-refractivity contribution is -0.384. The number of nitro benzene ring substituents is 3. The summed E-state index contributed by atoms with van der Waals surface area (Å²) in [6.45, 7) is 0. The van der Waals surface area contributed by atoms with Gasteiger partial charge in [0.15, 0.2) is 0 Å². The summed E-state index contributed by atoms with van der Waals surface area (Å²) in [5.41, 5.74) is -0.683. The molecule has 0 bridgehead atoms. The molecule has 0 atom stereocenters. The number of non-ortho nitro benzene ring substituents is 3. The van der Waals surface area contributed by atoms with Crippen molar-refractivity contribution < 1.29 is 14.8 Å². The van der Waals surface area contributed by atoms with Crippen molar-refractivity contribution in [2.24, 2.45) is 0 Å². The Morgan fingerprint density at radius 2 is 1.17 bits per heavy atom. The molecule has 9 nitrogen and oxygen atoms in total. The van der Waals surface area contributed by atoms with Gasteiger partial charge in [0.2, 0.25) is 0 Å². The summed E-state index contributed by atoms with van der Waals surface area (Å²) in [6.07, 6.45) is 0. The Bertz CT molecular complexity index is 1010. The van der Waals surface area contributed by atoms with Crippen LogP contribution in [0.5, 0.6) is 0 Å². The second-order valence-electron chi connectivity index (χ2n) is 4.80. The Morgan fingerprint density at radius 1 is 0.609 bits per heavy atom. The van der Waals surface area contributed by atoms with Gasteiger partial charge in [0.1, 0.15) is 0 Å². The maximum Gasteiger partial charge on any atom is 0.277 e. The molecule has 3 aromatic carbocycles. The standard InChI is InChI=1S/C14H7N3O6/c18-15(19)9-1-3-11-8(5-9)6-14(17(22)23)12-4-2-10(16(20)21)7-13(11)12/h1-7H. The first-order chi connectivity index (χ1) is 10.9. The highest BCUT2D eigenvalue weighted by Gasteiger charge is 2.19. The molecule has 0 aromatic heterocycles. The summed E-state index contributed by atoms with van der Waals surface area (Å²) < 4.78 is 0. The lowest BCUT2D eigenvalue weighted by Crippen LogP contribution is -1.94. The van der Waals surface area contributed by atoms with Gasteiger partial charge in [-0.2, -0.15) is 0 Å². The van der Waals surface area contributed by atoms with Crippen molar-refractivity contribution in [3.8, 4) is 0 Å². The molecule has 0 heterocycles. The fraction of sp³-hybridized carbons (Fsp3) is 0. The number of benzene rings is 3. The van der Waals surface area contributed by atoms with Gasteiger partial charge in [-0.1, -0.05) is 0 Å². The van der Waals surface area contributed by atoms with E-state index in [4.69, 9.17) is 0 Å². The van der Waals surface area contributed by atoms with Gasteiger partial charge in [0.25, 0.3) is 17.1 Å². The van der Waals surface area contributed by atoms with Crippen LogP contribution in [0.1, 0.15) is 0 Å². The highest BCUT2D eigenvalue weighted by molar-refractivity contribution is 6.12. The van der Waals surface area contributed by atoms with E-state index in [1.54, 1.807) is 0 Å². The molecule has 0 amide bonds. The molecule has 3 aromatic rings. The van der Waals surface area contributed by atoms with Crippen LogP contribution < -0.4 is 0 Å². The lowest BCUT2D eigenvalue weighted by Gasteiger charge is -2.05. The van der Waals surface area contributed by atoms with E-state index in [0.717, 1.165) is 0 Å². The van der Waals surface area contributed by atoms with Crippen molar-refractivity contribution >= 4 is 38.6 Å². The number of hydrogen-bond donors (Lipinski definition) is 0. The summed E-state index contributed by atoms with van der Waals surface area (Å²) in [4.78, 5) is 31.2. The van der Waals surface area contributed by atoms with E-state index < -0.39 is 14.8 Å². The molecule has 0 spiro atoms. The summed E-state index contributed by atoms with van der Waals surface area (Å²) in [5.74, 6) is 0. The van der Waals surface area contributed by atoms with Crippen LogP contribution >= 0.6 is 0 Å². The molecule has 0 saturated carbocycles. The molecule has 0 aliphatic rings. The third-order valence-corrected chi connectivity index (χ3v) is 3.51. The van der Waals surface area contributed by atoms with Crippen LogP contribution in [0.15, 0.2) is 42.5 Å². The van der Waals surface area contributed by atoms with Gasteiger partial charge in [-0.15, -0.1) is 0 Å². The van der Waals surface area contributed by atoms with Crippen molar-refractivity contribution in [1.82, 2.24) is 0 Å². The molecule has 0 aliphatic heterocycles. The average molecular weight is 313 g/mol. The molecule has 114 valence electrons. The first-order valence-electron chi connectivity index (χ1n) is 6.32. The normalized spacial score (nSPS) is 10.8. The minimum atomic E-state index is -0.619. The highest BCUT2D eigenvalue weighted by Crippen LogP contribution is 2.36. The van der Waals surface area contributed by atoms with Gasteiger partial charge in [-0.3, -0.25) is 30.3 Å². The Morgan fingerprint density at radius 3 is 1.74 bits per heavy atom. The quantitative estimate of drug-likeness (QED) is 0.411. The van der Waals surface area contributed by atoms with Crippen molar-refractivity contribution in [2.75, 3.05) is 0 Å². The molecule has 3 rings (SSSR count). The molecule has 23 heavy (non-hydrogen) atoms. The molecular weight excluding hydrogens is 306 g/mol. The van der Waals surface area contributed by atoms with Crippen molar-refractivity contribution in [1.29, 1.82) is 0 Å². The minimum Gasteiger partial charge on any atom is -0.258 e. The van der Waals surface area contributed by atoms with Crippen LogP contribution in [0.4, 0.5) is 17.1 Å². The summed E-state index contributed by atoms with van der Waals surface area (Å²) in [6, 6.07) is 8.86. The van der Waals surface area contributed by atoms with Gasteiger partial charge in [0, 0.05) is 35.7 Å². The van der Waals surface area contributed by atoms with Gasteiger partial charge in [0.05, 0.1) is 20.2 Å². The second-order valence-corrected chi connectivity index (χ2v) is 4.80.